The van der Waals surface area contributed by atoms with Crippen molar-refractivity contribution in [3.8, 4) is 5.69 Å². The van der Waals surface area contributed by atoms with Gasteiger partial charge in [-0.2, -0.15) is 0 Å². The fourth-order valence-corrected chi connectivity index (χ4v) is 2.43. The number of nitrogens with one attached hydrogen (secondary N) is 1. The predicted molar refractivity (Wildman–Crippen MR) is 74.2 cm³/mol. The Morgan fingerprint density at radius 3 is 2.95 bits per heavy atom. The summed E-state index contributed by atoms with van der Waals surface area (Å²) in [6, 6.07) is 2.02. The van der Waals surface area contributed by atoms with E-state index in [0.717, 1.165) is 49.7 Å². The van der Waals surface area contributed by atoms with E-state index in [2.05, 4.69) is 37.9 Å². The zero-order chi connectivity index (χ0) is 13.1. The van der Waals surface area contributed by atoms with Crippen molar-refractivity contribution < 1.29 is 0 Å². The molecule has 1 fully saturated rings. The Balaban J connectivity index is 1.74. The maximum atomic E-state index is 4.51. The molecule has 0 unspecified atom stereocenters. The van der Waals surface area contributed by atoms with Crippen LogP contribution in [0, 0.1) is 6.92 Å². The molecular weight excluding hydrogens is 238 g/mol. The lowest BCUT2D eigenvalue weighted by Gasteiger charge is -2.26. The summed E-state index contributed by atoms with van der Waals surface area (Å²) in [6.45, 7) is 7.34. The fraction of sp³-hybridized carbons (Fsp3) is 0.429. The number of pyridine rings is 1. The van der Waals surface area contributed by atoms with Gasteiger partial charge in [-0.1, -0.05) is 0 Å². The third kappa shape index (κ3) is 2.83. The van der Waals surface area contributed by atoms with Crippen molar-refractivity contribution in [2.45, 2.75) is 13.5 Å². The van der Waals surface area contributed by atoms with E-state index in [1.54, 1.807) is 0 Å². The first-order chi connectivity index (χ1) is 9.33. The molecule has 0 atom stereocenters. The molecule has 5 heteroatoms. The van der Waals surface area contributed by atoms with Gasteiger partial charge in [0.15, 0.2) is 0 Å². The zero-order valence-corrected chi connectivity index (χ0v) is 11.2. The van der Waals surface area contributed by atoms with Crippen molar-refractivity contribution in [2.75, 3.05) is 26.2 Å². The summed E-state index contributed by atoms with van der Waals surface area (Å²) in [5.41, 5.74) is 3.43. The Hall–Kier alpha value is -1.72. The van der Waals surface area contributed by atoms with Gasteiger partial charge in [-0.25, -0.2) is 4.98 Å². The van der Waals surface area contributed by atoms with E-state index in [9.17, 15) is 0 Å². The summed E-state index contributed by atoms with van der Waals surface area (Å²) in [4.78, 5) is 11.1. The second-order valence-corrected chi connectivity index (χ2v) is 4.96. The topological polar surface area (TPSA) is 46.0 Å². The standard InChI is InChI=1S/C14H19N5/c1-12-8-16-3-2-14(12)19-10-13(17-11-19)9-18-6-4-15-5-7-18/h2-3,8,10-11,15H,4-7,9H2,1H3. The molecule has 3 heterocycles. The molecule has 0 aromatic carbocycles. The monoisotopic (exact) mass is 257 g/mol. The Bertz CT molecular complexity index is 542. The largest absolute Gasteiger partial charge is 0.314 e. The molecule has 2 aromatic rings. The molecule has 19 heavy (non-hydrogen) atoms. The molecule has 1 saturated heterocycles. The second kappa shape index (κ2) is 5.50. The average molecular weight is 257 g/mol. The van der Waals surface area contributed by atoms with Crippen LogP contribution < -0.4 is 5.32 Å². The Labute approximate surface area is 113 Å². The van der Waals surface area contributed by atoms with Crippen LogP contribution >= 0.6 is 0 Å². The molecule has 100 valence electrons. The summed E-state index contributed by atoms with van der Waals surface area (Å²) in [7, 11) is 0. The van der Waals surface area contributed by atoms with Crippen LogP contribution in [0.4, 0.5) is 0 Å². The van der Waals surface area contributed by atoms with E-state index in [0.29, 0.717) is 0 Å². The molecule has 0 radical (unpaired) electrons. The van der Waals surface area contributed by atoms with Crippen LogP contribution in [0.25, 0.3) is 5.69 Å². The Morgan fingerprint density at radius 2 is 2.16 bits per heavy atom. The highest BCUT2D eigenvalue weighted by atomic mass is 15.2. The van der Waals surface area contributed by atoms with Crippen LogP contribution in [0.1, 0.15) is 11.3 Å². The van der Waals surface area contributed by atoms with Gasteiger partial charge in [0.2, 0.25) is 0 Å². The SMILES string of the molecule is Cc1cnccc1-n1cnc(CN2CCNCC2)c1. The predicted octanol–water partition coefficient (Wildman–Crippen LogP) is 0.981. The van der Waals surface area contributed by atoms with Crippen LogP contribution in [0.2, 0.25) is 0 Å². The van der Waals surface area contributed by atoms with Gasteiger partial charge in [-0.05, 0) is 18.6 Å². The Morgan fingerprint density at radius 1 is 1.32 bits per heavy atom. The number of hydrogen-bond acceptors (Lipinski definition) is 4. The summed E-state index contributed by atoms with van der Waals surface area (Å²) in [5, 5.41) is 3.36. The lowest BCUT2D eigenvalue weighted by atomic mass is 10.2. The van der Waals surface area contributed by atoms with Gasteiger partial charge in [-0.15, -0.1) is 0 Å². The summed E-state index contributed by atoms with van der Waals surface area (Å²) in [5.74, 6) is 0. The maximum absolute atomic E-state index is 4.51. The first-order valence-corrected chi connectivity index (χ1v) is 6.70. The normalized spacial score (nSPS) is 16.7. The van der Waals surface area contributed by atoms with Gasteiger partial charge in [0, 0.05) is 51.3 Å². The van der Waals surface area contributed by atoms with Crippen LogP contribution in [-0.4, -0.2) is 45.6 Å². The van der Waals surface area contributed by atoms with E-state index >= 15 is 0 Å². The first kappa shape index (κ1) is 12.3. The number of nitrogens with zero attached hydrogens (tertiary/aromatic N) is 4. The minimum Gasteiger partial charge on any atom is -0.314 e. The van der Waals surface area contributed by atoms with Gasteiger partial charge >= 0.3 is 0 Å². The van der Waals surface area contributed by atoms with E-state index in [-0.39, 0.29) is 0 Å². The fourth-order valence-electron chi connectivity index (χ4n) is 2.43. The number of piperazine rings is 1. The molecule has 0 aliphatic carbocycles. The van der Waals surface area contributed by atoms with E-state index in [4.69, 9.17) is 0 Å². The quantitative estimate of drug-likeness (QED) is 0.890. The zero-order valence-electron chi connectivity index (χ0n) is 11.2. The highest BCUT2D eigenvalue weighted by molar-refractivity contribution is 5.37. The molecule has 0 spiro atoms. The molecule has 1 aliphatic rings. The van der Waals surface area contributed by atoms with Crippen LogP contribution in [0.5, 0.6) is 0 Å². The molecule has 3 rings (SSSR count). The van der Waals surface area contributed by atoms with Crippen molar-refractivity contribution in [1.82, 2.24) is 24.8 Å². The van der Waals surface area contributed by atoms with E-state index < -0.39 is 0 Å². The van der Waals surface area contributed by atoms with Crippen molar-refractivity contribution in [1.29, 1.82) is 0 Å². The van der Waals surface area contributed by atoms with Gasteiger partial charge in [0.05, 0.1) is 17.7 Å². The highest BCUT2D eigenvalue weighted by Gasteiger charge is 2.11. The van der Waals surface area contributed by atoms with Gasteiger partial charge < -0.3 is 9.88 Å². The molecule has 1 N–H and O–H groups in total. The molecule has 5 nitrogen and oxygen atoms in total. The number of aryl methyl sites for hydroxylation is 1. The summed E-state index contributed by atoms with van der Waals surface area (Å²) < 4.78 is 2.08. The average Bonchev–Trinajstić information content (AvgIpc) is 2.89. The number of rotatable bonds is 3. The van der Waals surface area contributed by atoms with Gasteiger partial charge in [-0.3, -0.25) is 9.88 Å². The minimum atomic E-state index is 0.929. The van der Waals surface area contributed by atoms with Crippen molar-refractivity contribution >= 4 is 0 Å². The van der Waals surface area contributed by atoms with Crippen molar-refractivity contribution in [3.63, 3.8) is 0 Å². The summed E-state index contributed by atoms with van der Waals surface area (Å²) in [6.07, 6.45) is 7.70. The molecule has 0 saturated carbocycles. The van der Waals surface area contributed by atoms with E-state index in [1.807, 2.05) is 24.8 Å². The molecular formula is C14H19N5. The summed E-state index contributed by atoms with van der Waals surface area (Å²) >= 11 is 0. The second-order valence-electron chi connectivity index (χ2n) is 4.96. The number of imidazole rings is 1. The van der Waals surface area contributed by atoms with Gasteiger partial charge in [0.25, 0.3) is 0 Å². The minimum absolute atomic E-state index is 0.929. The lowest BCUT2D eigenvalue weighted by Crippen LogP contribution is -2.42. The maximum Gasteiger partial charge on any atom is 0.0995 e. The lowest BCUT2D eigenvalue weighted by molar-refractivity contribution is 0.231. The van der Waals surface area contributed by atoms with Crippen molar-refractivity contribution in [3.05, 3.63) is 42.2 Å². The molecule has 2 aromatic heterocycles. The smallest absolute Gasteiger partial charge is 0.0995 e. The number of aromatic nitrogens is 3. The highest BCUT2D eigenvalue weighted by Crippen LogP contribution is 2.13. The van der Waals surface area contributed by atoms with Gasteiger partial charge in [0.1, 0.15) is 0 Å². The third-order valence-corrected chi connectivity index (χ3v) is 3.50. The van der Waals surface area contributed by atoms with Crippen LogP contribution in [0.3, 0.4) is 0 Å². The van der Waals surface area contributed by atoms with Crippen LogP contribution in [0.15, 0.2) is 31.0 Å². The molecule has 0 bridgehead atoms. The van der Waals surface area contributed by atoms with E-state index in [1.165, 1.54) is 0 Å². The molecule has 1 aliphatic heterocycles. The molecule has 0 amide bonds. The Kier molecular flexibility index (Phi) is 3.57. The third-order valence-electron chi connectivity index (χ3n) is 3.50. The first-order valence-electron chi connectivity index (χ1n) is 6.70. The van der Waals surface area contributed by atoms with Crippen LogP contribution in [-0.2, 0) is 6.54 Å². The van der Waals surface area contributed by atoms with Crippen molar-refractivity contribution in [2.24, 2.45) is 0 Å². The number of hydrogen-bond donors (Lipinski definition) is 1.